The van der Waals surface area contributed by atoms with Gasteiger partial charge in [0.05, 0.1) is 16.6 Å². The van der Waals surface area contributed by atoms with Crippen molar-refractivity contribution in [2.45, 2.75) is 38.3 Å². The van der Waals surface area contributed by atoms with Crippen molar-refractivity contribution in [1.82, 2.24) is 15.1 Å². The molecule has 2 aliphatic rings. The molecule has 22 heavy (non-hydrogen) atoms. The van der Waals surface area contributed by atoms with Gasteiger partial charge in [-0.2, -0.15) is 5.10 Å². The molecular weight excluding hydrogens is 318 g/mol. The molecule has 0 aliphatic carbocycles. The summed E-state index contributed by atoms with van der Waals surface area (Å²) in [7, 11) is 0. The molecule has 0 atom stereocenters. The monoisotopic (exact) mass is 337 g/mol. The summed E-state index contributed by atoms with van der Waals surface area (Å²) in [5.74, 6) is 0. The van der Waals surface area contributed by atoms with Crippen LogP contribution in [0.4, 0.5) is 0 Å². The summed E-state index contributed by atoms with van der Waals surface area (Å²) in [6, 6.07) is 2.13. The van der Waals surface area contributed by atoms with Crippen LogP contribution in [0.25, 0.3) is 0 Å². The lowest BCUT2D eigenvalue weighted by molar-refractivity contribution is -0.0960. The lowest BCUT2D eigenvalue weighted by Gasteiger charge is -2.43. The Morgan fingerprint density at radius 3 is 3.00 bits per heavy atom. The molecule has 4 heterocycles. The smallest absolute Gasteiger partial charge is 0.105 e. The fraction of sp³-hybridized carbons (Fsp3) is 0.562. The fourth-order valence-electron chi connectivity index (χ4n) is 3.62. The maximum absolute atomic E-state index is 6.26. The van der Waals surface area contributed by atoms with Gasteiger partial charge in [-0.1, -0.05) is 11.6 Å². The zero-order chi connectivity index (χ0) is 15.2. The molecule has 0 saturated carbocycles. The second-order valence-electron chi connectivity index (χ2n) is 6.27. The van der Waals surface area contributed by atoms with E-state index in [9.17, 15) is 0 Å². The van der Waals surface area contributed by atoms with Gasteiger partial charge in [-0.05, 0) is 37.8 Å². The molecule has 4 rings (SSSR count). The molecule has 2 aromatic rings. The zero-order valence-electron chi connectivity index (χ0n) is 12.7. The number of hydrogen-bond donors (Lipinski definition) is 1. The third-order valence-electron chi connectivity index (χ3n) is 4.94. The summed E-state index contributed by atoms with van der Waals surface area (Å²) in [5, 5.41) is 7.15. The first-order valence-corrected chi connectivity index (χ1v) is 9.00. The topological polar surface area (TPSA) is 41.2 Å². The Morgan fingerprint density at radius 2 is 2.27 bits per heavy atom. The van der Waals surface area contributed by atoms with Crippen molar-refractivity contribution in [3.63, 3.8) is 0 Å². The number of ether oxygens (including phenoxy) is 1. The van der Waals surface area contributed by atoms with Gasteiger partial charge >= 0.3 is 0 Å². The summed E-state index contributed by atoms with van der Waals surface area (Å²) >= 11 is 7.95. The van der Waals surface area contributed by atoms with Crippen LogP contribution in [0, 0.1) is 6.92 Å². The number of aromatic amines is 1. The number of likely N-dealkylation sites (tertiary alicyclic amines) is 1. The van der Waals surface area contributed by atoms with Crippen LogP contribution in [0.3, 0.4) is 0 Å². The minimum absolute atomic E-state index is 0.0899. The van der Waals surface area contributed by atoms with Gasteiger partial charge in [-0.15, -0.1) is 11.3 Å². The highest BCUT2D eigenvalue weighted by Gasteiger charge is 2.42. The fourth-order valence-corrected chi connectivity index (χ4v) is 5.12. The molecule has 0 amide bonds. The average molecular weight is 338 g/mol. The second kappa shape index (κ2) is 5.64. The first-order chi connectivity index (χ1) is 10.7. The molecule has 0 unspecified atom stereocenters. The first-order valence-electron chi connectivity index (χ1n) is 7.80. The third kappa shape index (κ3) is 2.50. The molecule has 0 bridgehead atoms. The van der Waals surface area contributed by atoms with Gasteiger partial charge in [0.25, 0.3) is 0 Å². The molecule has 2 aliphatic heterocycles. The minimum Gasteiger partial charge on any atom is -0.369 e. The number of nitrogens with one attached hydrogen (secondary N) is 1. The van der Waals surface area contributed by atoms with E-state index in [2.05, 4.69) is 28.1 Å². The van der Waals surface area contributed by atoms with E-state index >= 15 is 0 Å². The average Bonchev–Trinajstić information content (AvgIpc) is 3.08. The van der Waals surface area contributed by atoms with Gasteiger partial charge < -0.3 is 4.74 Å². The van der Waals surface area contributed by atoms with Crippen molar-refractivity contribution in [1.29, 1.82) is 0 Å². The molecule has 1 saturated heterocycles. The van der Waals surface area contributed by atoms with Gasteiger partial charge in [-0.25, -0.2) is 0 Å². The Bertz CT molecular complexity index is 673. The number of aryl methyl sites for hydroxylation is 1. The Kier molecular flexibility index (Phi) is 3.77. The van der Waals surface area contributed by atoms with Crippen LogP contribution in [0.1, 0.15) is 34.5 Å². The number of piperidine rings is 1. The van der Waals surface area contributed by atoms with Crippen LogP contribution in [0.2, 0.25) is 4.34 Å². The van der Waals surface area contributed by atoms with E-state index in [1.54, 1.807) is 11.3 Å². The molecule has 1 spiro atoms. The number of aromatic nitrogens is 2. The number of fused-ring (bicyclic) bond motifs is 2. The van der Waals surface area contributed by atoms with E-state index in [0.29, 0.717) is 0 Å². The predicted molar refractivity (Wildman–Crippen MR) is 88.5 cm³/mol. The maximum Gasteiger partial charge on any atom is 0.105 e. The zero-order valence-corrected chi connectivity index (χ0v) is 14.3. The molecule has 2 aromatic heterocycles. The summed E-state index contributed by atoms with van der Waals surface area (Å²) in [6.07, 6.45) is 5.10. The maximum atomic E-state index is 6.26. The van der Waals surface area contributed by atoms with Crippen molar-refractivity contribution >= 4 is 22.9 Å². The van der Waals surface area contributed by atoms with E-state index in [1.807, 2.05) is 6.20 Å². The van der Waals surface area contributed by atoms with Crippen LogP contribution in [-0.2, 0) is 23.3 Å². The summed E-state index contributed by atoms with van der Waals surface area (Å²) in [5.41, 5.74) is 3.70. The number of rotatable bonds is 2. The first kappa shape index (κ1) is 14.7. The lowest BCUT2D eigenvalue weighted by atomic mass is 9.85. The van der Waals surface area contributed by atoms with Crippen molar-refractivity contribution in [3.05, 3.63) is 38.3 Å². The molecule has 0 radical (unpaired) electrons. The number of halogens is 1. The van der Waals surface area contributed by atoms with E-state index in [1.165, 1.54) is 16.0 Å². The highest BCUT2D eigenvalue weighted by molar-refractivity contribution is 7.16. The van der Waals surface area contributed by atoms with Crippen molar-refractivity contribution in [2.75, 3.05) is 19.7 Å². The van der Waals surface area contributed by atoms with Crippen LogP contribution < -0.4 is 0 Å². The summed E-state index contributed by atoms with van der Waals surface area (Å²) in [6.45, 7) is 5.96. The molecular formula is C16H20ClN3OS. The number of nitrogens with zero attached hydrogens (tertiary/aromatic N) is 2. The summed E-state index contributed by atoms with van der Waals surface area (Å²) < 4.78 is 7.15. The van der Waals surface area contributed by atoms with Gasteiger partial charge in [0.15, 0.2) is 0 Å². The minimum atomic E-state index is -0.0899. The highest BCUT2D eigenvalue weighted by Crippen LogP contribution is 2.46. The van der Waals surface area contributed by atoms with Crippen molar-refractivity contribution in [3.8, 4) is 0 Å². The Labute approximate surface area is 139 Å². The molecule has 1 N–H and O–H groups in total. The van der Waals surface area contributed by atoms with E-state index in [0.717, 1.165) is 55.5 Å². The Hall–Kier alpha value is -0.880. The SMILES string of the molecule is Cc1n[nH]cc1CN1CCC2(CC1)OCCc1cc(Cl)sc12. The number of hydrogen-bond acceptors (Lipinski definition) is 4. The second-order valence-corrected chi connectivity index (χ2v) is 7.95. The number of thiophene rings is 1. The Balaban J connectivity index is 1.49. The van der Waals surface area contributed by atoms with Gasteiger partial charge in [0.1, 0.15) is 5.60 Å². The summed E-state index contributed by atoms with van der Waals surface area (Å²) in [4.78, 5) is 3.87. The molecule has 6 heteroatoms. The molecule has 118 valence electrons. The van der Waals surface area contributed by atoms with Crippen LogP contribution in [0.5, 0.6) is 0 Å². The number of H-pyrrole nitrogens is 1. The normalized spacial score (nSPS) is 21.2. The predicted octanol–water partition coefficient (Wildman–Crippen LogP) is 3.50. The van der Waals surface area contributed by atoms with Crippen LogP contribution >= 0.6 is 22.9 Å². The largest absolute Gasteiger partial charge is 0.369 e. The van der Waals surface area contributed by atoms with Crippen LogP contribution in [-0.4, -0.2) is 34.8 Å². The van der Waals surface area contributed by atoms with Crippen molar-refractivity contribution < 1.29 is 4.74 Å². The van der Waals surface area contributed by atoms with Gasteiger partial charge in [-0.3, -0.25) is 10.00 Å². The lowest BCUT2D eigenvalue weighted by Crippen LogP contribution is -2.45. The van der Waals surface area contributed by atoms with Gasteiger partial charge in [0, 0.05) is 36.3 Å². The molecule has 0 aromatic carbocycles. The van der Waals surface area contributed by atoms with E-state index in [4.69, 9.17) is 16.3 Å². The molecule has 4 nitrogen and oxygen atoms in total. The molecule has 1 fully saturated rings. The standard InChI is InChI=1S/C16H20ClN3OS/c1-11-13(9-18-19-11)10-20-5-3-16(4-6-20)15-12(2-7-21-16)8-14(17)22-15/h8-9H,2-7,10H2,1H3,(H,18,19). The van der Waals surface area contributed by atoms with Gasteiger partial charge in [0.2, 0.25) is 0 Å². The van der Waals surface area contributed by atoms with E-state index < -0.39 is 0 Å². The van der Waals surface area contributed by atoms with E-state index in [-0.39, 0.29) is 5.60 Å². The Morgan fingerprint density at radius 1 is 1.45 bits per heavy atom. The highest BCUT2D eigenvalue weighted by atomic mass is 35.5. The van der Waals surface area contributed by atoms with Crippen molar-refractivity contribution in [2.24, 2.45) is 0 Å². The third-order valence-corrected chi connectivity index (χ3v) is 6.43. The van der Waals surface area contributed by atoms with Crippen LogP contribution in [0.15, 0.2) is 12.3 Å². The quantitative estimate of drug-likeness (QED) is 0.912.